The molecule has 0 aliphatic carbocycles. The summed E-state index contributed by atoms with van der Waals surface area (Å²) in [5.74, 6) is 0.920. The lowest BCUT2D eigenvalue weighted by atomic mass is 9.33. The van der Waals surface area contributed by atoms with Crippen LogP contribution in [0.25, 0.3) is 32.2 Å². The van der Waals surface area contributed by atoms with Gasteiger partial charge in [-0.1, -0.05) is 123 Å². The Morgan fingerprint density at radius 2 is 1.08 bits per heavy atom. The van der Waals surface area contributed by atoms with Crippen molar-refractivity contribution in [3.8, 4) is 11.1 Å². The molecule has 3 nitrogen and oxygen atoms in total. The van der Waals surface area contributed by atoms with E-state index in [1.807, 2.05) is 11.3 Å². The van der Waals surface area contributed by atoms with Crippen LogP contribution in [0.1, 0.15) is 107 Å². The van der Waals surface area contributed by atoms with Gasteiger partial charge in [-0.15, -0.1) is 11.3 Å². The maximum Gasteiger partial charge on any atom is 0.257 e. The molecule has 0 amide bonds. The van der Waals surface area contributed by atoms with Crippen molar-refractivity contribution in [2.45, 2.75) is 113 Å². The molecular weight excluding hydrogens is 772 g/mol. The summed E-state index contributed by atoms with van der Waals surface area (Å²) in [4.78, 5) is 5.12. The smallest absolute Gasteiger partial charge is 0.257 e. The van der Waals surface area contributed by atoms with Gasteiger partial charge in [0.15, 0.2) is 0 Å². The second kappa shape index (κ2) is 13.7. The standard InChI is InChI=1S/C57H59BN2OS/c1-32-23-46-51-47(24-32)60(53-35(4)27-40(28-36(53)5)57(12,13)14)54-50(42-30-38(55(6,7)8)20-22-48(42)61-54)58(51)44-21-19-37(43-31-62-49-18-16-15-17-41(43)49)29-45(44)59(46)52-33(2)25-39(26-34(52)3)56(9,10)11/h15-31H,1-14H3. The van der Waals surface area contributed by atoms with Crippen LogP contribution in [-0.4, -0.2) is 6.71 Å². The zero-order valence-electron chi connectivity index (χ0n) is 39.1. The van der Waals surface area contributed by atoms with Gasteiger partial charge in [-0.3, -0.25) is 4.90 Å². The number of aryl methyl sites for hydroxylation is 5. The highest BCUT2D eigenvalue weighted by molar-refractivity contribution is 7.17. The number of fused-ring (bicyclic) bond motifs is 7. The third-order valence-electron chi connectivity index (χ3n) is 13.7. The largest absolute Gasteiger partial charge is 0.440 e. The van der Waals surface area contributed by atoms with E-state index in [1.54, 1.807) is 0 Å². The van der Waals surface area contributed by atoms with Gasteiger partial charge in [0.2, 0.25) is 5.88 Å². The summed E-state index contributed by atoms with van der Waals surface area (Å²) in [6.07, 6.45) is 0. The van der Waals surface area contributed by atoms with E-state index in [2.05, 4.69) is 209 Å². The third kappa shape index (κ3) is 6.21. The minimum atomic E-state index is -0.0632. The van der Waals surface area contributed by atoms with Gasteiger partial charge in [-0.25, -0.2) is 0 Å². The van der Waals surface area contributed by atoms with Gasteiger partial charge in [-0.2, -0.15) is 0 Å². The molecule has 6 aromatic carbocycles. The first-order valence-electron chi connectivity index (χ1n) is 22.4. The van der Waals surface area contributed by atoms with Crippen LogP contribution in [0.5, 0.6) is 0 Å². The maximum absolute atomic E-state index is 7.28. The Kier molecular flexibility index (Phi) is 8.99. The lowest BCUT2D eigenvalue weighted by Gasteiger charge is -2.44. The number of furan rings is 1. The number of nitrogens with zero attached hydrogens (tertiary/aromatic N) is 2. The molecule has 0 saturated heterocycles. The van der Waals surface area contributed by atoms with Crippen LogP contribution >= 0.6 is 11.3 Å². The predicted molar refractivity (Wildman–Crippen MR) is 271 cm³/mol. The first kappa shape index (κ1) is 40.6. The highest BCUT2D eigenvalue weighted by Gasteiger charge is 2.47. The lowest BCUT2D eigenvalue weighted by molar-refractivity contribution is 0.588. The van der Waals surface area contributed by atoms with E-state index >= 15 is 0 Å². The number of anilines is 6. The highest BCUT2D eigenvalue weighted by atomic mass is 32.1. The zero-order chi connectivity index (χ0) is 43.9. The van der Waals surface area contributed by atoms with Crippen LogP contribution in [0, 0.1) is 34.6 Å². The lowest BCUT2D eigenvalue weighted by Crippen LogP contribution is -2.61. The van der Waals surface area contributed by atoms with Crippen molar-refractivity contribution >= 4 is 89.8 Å². The molecule has 10 rings (SSSR count). The summed E-state index contributed by atoms with van der Waals surface area (Å²) < 4.78 is 8.59. The normalized spacial score (nSPS) is 13.9. The molecule has 0 saturated carbocycles. The summed E-state index contributed by atoms with van der Waals surface area (Å²) in [5, 5.41) is 4.83. The summed E-state index contributed by atoms with van der Waals surface area (Å²) in [7, 11) is 0. The van der Waals surface area contributed by atoms with Crippen molar-refractivity contribution in [3.63, 3.8) is 0 Å². The molecule has 0 N–H and O–H groups in total. The van der Waals surface area contributed by atoms with Gasteiger partial charge < -0.3 is 9.32 Å². The Morgan fingerprint density at radius 3 is 1.68 bits per heavy atom. The van der Waals surface area contributed by atoms with Crippen LogP contribution < -0.4 is 26.2 Å². The predicted octanol–water partition coefficient (Wildman–Crippen LogP) is 14.8. The molecule has 0 fully saturated rings. The van der Waals surface area contributed by atoms with Gasteiger partial charge in [0.25, 0.3) is 6.71 Å². The number of hydrogen-bond donors (Lipinski definition) is 0. The van der Waals surface area contributed by atoms with Gasteiger partial charge in [0.1, 0.15) is 5.58 Å². The van der Waals surface area contributed by atoms with Crippen molar-refractivity contribution in [1.82, 2.24) is 0 Å². The van der Waals surface area contributed by atoms with E-state index in [0.29, 0.717) is 0 Å². The quantitative estimate of drug-likeness (QED) is 0.165. The van der Waals surface area contributed by atoms with Crippen LogP contribution in [-0.2, 0) is 16.2 Å². The van der Waals surface area contributed by atoms with Crippen LogP contribution in [0.2, 0.25) is 0 Å². The Bertz CT molecular complexity index is 3110. The second-order valence-corrected chi connectivity index (χ2v) is 22.4. The second-order valence-electron chi connectivity index (χ2n) is 21.4. The van der Waals surface area contributed by atoms with Crippen LogP contribution in [0.4, 0.5) is 34.3 Å². The zero-order valence-corrected chi connectivity index (χ0v) is 39.9. The Morgan fingerprint density at radius 1 is 0.516 bits per heavy atom. The van der Waals surface area contributed by atoms with E-state index < -0.39 is 0 Å². The molecule has 312 valence electrons. The fourth-order valence-corrected chi connectivity index (χ4v) is 11.4. The molecule has 2 aromatic heterocycles. The van der Waals surface area contributed by atoms with Crippen molar-refractivity contribution < 1.29 is 4.42 Å². The third-order valence-corrected chi connectivity index (χ3v) is 14.6. The monoisotopic (exact) mass is 830 g/mol. The first-order chi connectivity index (χ1) is 29.2. The maximum atomic E-state index is 7.28. The molecule has 4 heterocycles. The number of rotatable bonds is 3. The van der Waals surface area contributed by atoms with Crippen molar-refractivity contribution in [3.05, 3.63) is 147 Å². The molecule has 5 heteroatoms. The molecule has 2 aliphatic rings. The number of benzene rings is 6. The minimum absolute atomic E-state index is 0.0219. The summed E-state index contributed by atoms with van der Waals surface area (Å²) >= 11 is 1.83. The molecule has 0 bridgehead atoms. The molecule has 0 unspecified atom stereocenters. The average Bonchev–Trinajstić information content (AvgIpc) is 3.79. The van der Waals surface area contributed by atoms with E-state index in [-0.39, 0.29) is 23.0 Å². The van der Waals surface area contributed by atoms with E-state index in [9.17, 15) is 0 Å². The molecule has 62 heavy (non-hydrogen) atoms. The fourth-order valence-electron chi connectivity index (χ4n) is 10.4. The number of hydrogen-bond acceptors (Lipinski definition) is 4. The molecule has 0 atom stereocenters. The summed E-state index contributed by atoms with van der Waals surface area (Å²) in [6, 6.07) is 37.6. The average molecular weight is 831 g/mol. The summed E-state index contributed by atoms with van der Waals surface area (Å²) in [5.41, 5.74) is 23.7. The van der Waals surface area contributed by atoms with Crippen molar-refractivity contribution in [2.75, 3.05) is 9.80 Å². The van der Waals surface area contributed by atoms with E-state index in [1.165, 1.54) is 116 Å². The molecule has 0 radical (unpaired) electrons. The molecule has 2 aliphatic heterocycles. The van der Waals surface area contributed by atoms with Crippen LogP contribution in [0.15, 0.2) is 107 Å². The topological polar surface area (TPSA) is 19.6 Å². The Labute approximate surface area is 373 Å². The Hall–Kier alpha value is -5.52. The van der Waals surface area contributed by atoms with Gasteiger partial charge >= 0.3 is 0 Å². The van der Waals surface area contributed by atoms with Gasteiger partial charge in [-0.05, 0) is 154 Å². The Balaban J connectivity index is 1.34. The fraction of sp³-hybridized carbons (Fsp3) is 0.298. The van der Waals surface area contributed by atoms with Crippen molar-refractivity contribution in [1.29, 1.82) is 0 Å². The van der Waals surface area contributed by atoms with Gasteiger partial charge in [0, 0.05) is 43.6 Å². The van der Waals surface area contributed by atoms with E-state index in [4.69, 9.17) is 4.42 Å². The highest BCUT2D eigenvalue weighted by Crippen LogP contribution is 2.50. The molecular formula is C57H59BN2OS. The molecule has 0 spiro atoms. The van der Waals surface area contributed by atoms with Gasteiger partial charge in [0.05, 0.1) is 11.4 Å². The SMILES string of the molecule is Cc1cc2c3c(c1)N(c1c(C)cc(C(C)(C)C)cc1C)c1oc4ccc(C(C)(C)C)cc4c1B3c1ccc(-c3csc4ccccc34)cc1N2c1c(C)cc(C(C)(C)C)cc1C. The molecule has 8 aromatic rings. The van der Waals surface area contributed by atoms with Crippen LogP contribution in [0.3, 0.4) is 0 Å². The summed E-state index contributed by atoms with van der Waals surface area (Å²) in [6.45, 7) is 32.2. The van der Waals surface area contributed by atoms with E-state index in [0.717, 1.165) is 11.5 Å². The first-order valence-corrected chi connectivity index (χ1v) is 23.2. The number of thiophene rings is 1. The van der Waals surface area contributed by atoms with Crippen molar-refractivity contribution in [2.24, 2.45) is 0 Å². The minimum Gasteiger partial charge on any atom is -0.440 e.